The van der Waals surface area contributed by atoms with Crippen LogP contribution in [0.5, 0.6) is 5.75 Å². The maximum atomic E-state index is 12.8. The summed E-state index contributed by atoms with van der Waals surface area (Å²) in [5, 5.41) is 0.504. The van der Waals surface area contributed by atoms with Crippen LogP contribution < -0.4 is 4.74 Å². The molecule has 0 atom stereocenters. The predicted molar refractivity (Wildman–Crippen MR) is 107 cm³/mol. The van der Waals surface area contributed by atoms with E-state index in [1.165, 1.54) is 0 Å². The SMILES string of the molecule is CN1CCCCN(C(=O)Cn2ccnc2)CCCOc2ccc(Cl)cc2C1=O. The van der Waals surface area contributed by atoms with Crippen LogP contribution in [0.15, 0.2) is 36.9 Å². The van der Waals surface area contributed by atoms with Gasteiger partial charge in [0.15, 0.2) is 0 Å². The Bertz CT molecular complexity index is 810. The van der Waals surface area contributed by atoms with E-state index in [0.29, 0.717) is 49.0 Å². The summed E-state index contributed by atoms with van der Waals surface area (Å²) in [6.07, 6.45) is 7.41. The topological polar surface area (TPSA) is 67.7 Å². The Morgan fingerprint density at radius 3 is 2.79 bits per heavy atom. The van der Waals surface area contributed by atoms with E-state index in [-0.39, 0.29) is 18.4 Å². The summed E-state index contributed by atoms with van der Waals surface area (Å²) in [6.45, 7) is 2.57. The third-order valence-electron chi connectivity index (χ3n) is 4.75. The van der Waals surface area contributed by atoms with Crippen molar-refractivity contribution in [2.24, 2.45) is 0 Å². The normalized spacial score (nSPS) is 16.4. The molecule has 0 saturated carbocycles. The molecule has 1 aliphatic heterocycles. The molecule has 0 fully saturated rings. The summed E-state index contributed by atoms with van der Waals surface area (Å²) in [7, 11) is 1.77. The number of halogens is 1. The van der Waals surface area contributed by atoms with Crippen molar-refractivity contribution in [3.63, 3.8) is 0 Å². The minimum absolute atomic E-state index is 0.0597. The number of benzene rings is 1. The number of hydrogen-bond acceptors (Lipinski definition) is 4. The highest BCUT2D eigenvalue weighted by Crippen LogP contribution is 2.25. The fourth-order valence-electron chi connectivity index (χ4n) is 3.19. The van der Waals surface area contributed by atoms with Crippen LogP contribution in [0.25, 0.3) is 0 Å². The zero-order chi connectivity index (χ0) is 19.9. The molecule has 28 heavy (non-hydrogen) atoms. The molecule has 7 nitrogen and oxygen atoms in total. The largest absolute Gasteiger partial charge is 0.493 e. The summed E-state index contributed by atoms with van der Waals surface area (Å²) >= 11 is 6.08. The summed E-state index contributed by atoms with van der Waals surface area (Å²) in [5.74, 6) is 0.478. The second kappa shape index (κ2) is 9.59. The lowest BCUT2D eigenvalue weighted by Crippen LogP contribution is -2.36. The third-order valence-corrected chi connectivity index (χ3v) is 4.99. The summed E-state index contributed by atoms with van der Waals surface area (Å²) in [5.41, 5.74) is 0.474. The lowest BCUT2D eigenvalue weighted by Gasteiger charge is -2.23. The highest BCUT2D eigenvalue weighted by molar-refractivity contribution is 6.31. The highest BCUT2D eigenvalue weighted by Gasteiger charge is 2.19. The Balaban J connectivity index is 1.70. The molecule has 8 heteroatoms. The molecule has 1 aromatic heterocycles. The van der Waals surface area contributed by atoms with Crippen molar-refractivity contribution >= 4 is 23.4 Å². The van der Waals surface area contributed by atoms with Crippen LogP contribution in [0.1, 0.15) is 29.6 Å². The van der Waals surface area contributed by atoms with Gasteiger partial charge in [-0.1, -0.05) is 11.6 Å². The van der Waals surface area contributed by atoms with Crippen molar-refractivity contribution in [2.75, 3.05) is 33.3 Å². The van der Waals surface area contributed by atoms with Gasteiger partial charge in [0.05, 0.1) is 18.5 Å². The zero-order valence-corrected chi connectivity index (χ0v) is 16.8. The zero-order valence-electron chi connectivity index (χ0n) is 16.0. The van der Waals surface area contributed by atoms with Crippen molar-refractivity contribution in [2.45, 2.75) is 25.8 Å². The molecule has 0 N–H and O–H groups in total. The molecular formula is C20H25ClN4O3. The Morgan fingerprint density at radius 2 is 2.00 bits per heavy atom. The summed E-state index contributed by atoms with van der Waals surface area (Å²) < 4.78 is 7.62. The maximum absolute atomic E-state index is 12.8. The number of aromatic nitrogens is 2. The molecule has 150 valence electrons. The van der Waals surface area contributed by atoms with Gasteiger partial charge >= 0.3 is 0 Å². The molecule has 2 amide bonds. The molecule has 0 saturated heterocycles. The van der Waals surface area contributed by atoms with Crippen molar-refractivity contribution in [1.82, 2.24) is 19.4 Å². The minimum Gasteiger partial charge on any atom is -0.493 e. The van der Waals surface area contributed by atoms with Crippen molar-refractivity contribution in [3.05, 3.63) is 47.5 Å². The van der Waals surface area contributed by atoms with E-state index in [2.05, 4.69) is 4.98 Å². The first-order valence-electron chi connectivity index (χ1n) is 9.46. The second-order valence-electron chi connectivity index (χ2n) is 6.89. The van der Waals surface area contributed by atoms with Gasteiger partial charge in [0.25, 0.3) is 5.91 Å². The molecule has 1 aromatic carbocycles. The van der Waals surface area contributed by atoms with Gasteiger partial charge in [0.1, 0.15) is 12.3 Å². The van der Waals surface area contributed by atoms with E-state index in [4.69, 9.17) is 16.3 Å². The Hall–Kier alpha value is -2.54. The van der Waals surface area contributed by atoms with Crippen LogP contribution in [0.3, 0.4) is 0 Å². The van der Waals surface area contributed by atoms with E-state index in [9.17, 15) is 9.59 Å². The summed E-state index contributed by atoms with van der Waals surface area (Å²) in [6, 6.07) is 5.09. The van der Waals surface area contributed by atoms with Crippen LogP contribution in [0.4, 0.5) is 0 Å². The molecule has 0 bridgehead atoms. The van der Waals surface area contributed by atoms with Crippen molar-refractivity contribution < 1.29 is 14.3 Å². The molecule has 1 aliphatic rings. The predicted octanol–water partition coefficient (Wildman–Crippen LogP) is 2.70. The first-order valence-corrected chi connectivity index (χ1v) is 9.84. The van der Waals surface area contributed by atoms with E-state index in [1.54, 1.807) is 53.4 Å². The van der Waals surface area contributed by atoms with Crippen LogP contribution in [0.2, 0.25) is 5.02 Å². The van der Waals surface area contributed by atoms with Gasteiger partial charge in [-0.2, -0.15) is 0 Å². The van der Waals surface area contributed by atoms with E-state index < -0.39 is 0 Å². The minimum atomic E-state index is -0.107. The molecule has 0 radical (unpaired) electrons. The van der Waals surface area contributed by atoms with Gasteiger partial charge in [-0.25, -0.2) is 4.98 Å². The molecule has 0 spiro atoms. The van der Waals surface area contributed by atoms with Crippen molar-refractivity contribution in [1.29, 1.82) is 0 Å². The van der Waals surface area contributed by atoms with Crippen LogP contribution in [-0.4, -0.2) is 64.5 Å². The van der Waals surface area contributed by atoms with Gasteiger partial charge in [-0.05, 0) is 37.5 Å². The Morgan fingerprint density at radius 1 is 1.21 bits per heavy atom. The third kappa shape index (κ3) is 5.25. The maximum Gasteiger partial charge on any atom is 0.257 e. The quantitative estimate of drug-likeness (QED) is 0.771. The average Bonchev–Trinajstić information content (AvgIpc) is 3.19. The van der Waals surface area contributed by atoms with Gasteiger partial charge in [-0.3, -0.25) is 9.59 Å². The van der Waals surface area contributed by atoms with Crippen molar-refractivity contribution in [3.8, 4) is 5.75 Å². The standard InChI is InChI=1S/C20H25ClN4O3/c1-23-8-2-3-9-25(19(26)14-24-11-7-22-15-24)10-4-12-28-18-6-5-16(21)13-17(18)20(23)27/h5-7,11,13,15H,2-4,8-10,12,14H2,1H3. The van der Waals surface area contributed by atoms with Gasteiger partial charge < -0.3 is 19.1 Å². The fraction of sp³-hybridized carbons (Fsp3) is 0.450. The highest BCUT2D eigenvalue weighted by atomic mass is 35.5. The van der Waals surface area contributed by atoms with Crippen LogP contribution in [0, 0.1) is 0 Å². The van der Waals surface area contributed by atoms with E-state index in [1.807, 2.05) is 4.90 Å². The summed E-state index contributed by atoms with van der Waals surface area (Å²) in [4.78, 5) is 32.9. The molecule has 2 aromatic rings. The Labute approximate surface area is 169 Å². The van der Waals surface area contributed by atoms with Crippen LogP contribution >= 0.6 is 11.6 Å². The number of nitrogens with zero attached hydrogens (tertiary/aromatic N) is 4. The number of carbonyl (C=O) groups is 2. The first-order chi connectivity index (χ1) is 13.5. The van der Waals surface area contributed by atoms with Gasteiger partial charge in [0.2, 0.25) is 5.91 Å². The lowest BCUT2D eigenvalue weighted by molar-refractivity contribution is -0.132. The van der Waals surface area contributed by atoms with Crippen LogP contribution in [-0.2, 0) is 11.3 Å². The lowest BCUT2D eigenvalue weighted by atomic mass is 10.1. The first kappa shape index (κ1) is 20.2. The van der Waals surface area contributed by atoms with E-state index in [0.717, 1.165) is 12.8 Å². The van der Waals surface area contributed by atoms with E-state index >= 15 is 0 Å². The number of amides is 2. The number of ether oxygens (including phenoxy) is 1. The molecule has 0 unspecified atom stereocenters. The second-order valence-corrected chi connectivity index (χ2v) is 7.33. The average molecular weight is 405 g/mol. The number of hydrogen-bond donors (Lipinski definition) is 0. The molecule has 3 rings (SSSR count). The smallest absolute Gasteiger partial charge is 0.257 e. The number of fused-ring (bicyclic) bond motifs is 1. The fourth-order valence-corrected chi connectivity index (χ4v) is 3.36. The van der Waals surface area contributed by atoms with Gasteiger partial charge in [-0.15, -0.1) is 0 Å². The molecular weight excluding hydrogens is 380 g/mol. The number of rotatable bonds is 2. The Kier molecular flexibility index (Phi) is 6.92. The molecule has 2 heterocycles. The van der Waals surface area contributed by atoms with Gasteiger partial charge in [0, 0.05) is 44.1 Å². The number of imidazole rings is 1. The number of carbonyl (C=O) groups excluding carboxylic acids is 2. The molecule has 0 aliphatic carbocycles. The monoisotopic (exact) mass is 404 g/mol.